The molecule has 8 nitrogen and oxygen atoms in total. The second-order valence-electron chi connectivity index (χ2n) is 5.07. The van der Waals surface area contributed by atoms with Gasteiger partial charge >= 0.3 is 0 Å². The Morgan fingerprint density at radius 2 is 2.04 bits per heavy atom. The standard InChI is InChI=1S/C17H17ClN4O4/c1-2-26-14-6-4-13(5-7-14)19-11-17(23)21-20-10-12-3-8-15(18)16(9-12)22(24)25/h3-10,19H,2,11H2,1H3,(H,21,23). The van der Waals surface area contributed by atoms with Crippen molar-refractivity contribution in [2.24, 2.45) is 5.10 Å². The van der Waals surface area contributed by atoms with Gasteiger partial charge < -0.3 is 10.1 Å². The molecule has 0 fully saturated rings. The summed E-state index contributed by atoms with van der Waals surface area (Å²) in [5.41, 5.74) is 3.32. The lowest BCUT2D eigenvalue weighted by molar-refractivity contribution is -0.384. The second-order valence-corrected chi connectivity index (χ2v) is 5.48. The first-order valence-electron chi connectivity index (χ1n) is 7.72. The molecular formula is C17H17ClN4O4. The molecule has 26 heavy (non-hydrogen) atoms. The molecule has 0 aliphatic rings. The molecule has 0 bridgehead atoms. The molecule has 0 aromatic heterocycles. The molecule has 0 radical (unpaired) electrons. The minimum Gasteiger partial charge on any atom is -0.494 e. The SMILES string of the molecule is CCOc1ccc(NCC(=O)NN=Cc2ccc(Cl)c([N+](=O)[O-])c2)cc1. The van der Waals surface area contributed by atoms with Crippen LogP contribution in [0, 0.1) is 10.1 Å². The maximum atomic E-state index is 11.8. The van der Waals surface area contributed by atoms with Crippen molar-refractivity contribution in [3.05, 3.63) is 63.2 Å². The van der Waals surface area contributed by atoms with Crippen molar-refractivity contribution in [2.45, 2.75) is 6.92 Å². The maximum absolute atomic E-state index is 11.8. The Morgan fingerprint density at radius 1 is 1.31 bits per heavy atom. The summed E-state index contributed by atoms with van der Waals surface area (Å²) in [6, 6.07) is 11.4. The van der Waals surface area contributed by atoms with Gasteiger partial charge in [-0.3, -0.25) is 14.9 Å². The molecule has 0 saturated heterocycles. The van der Waals surface area contributed by atoms with E-state index >= 15 is 0 Å². The van der Waals surface area contributed by atoms with Crippen molar-refractivity contribution in [1.82, 2.24) is 5.43 Å². The quantitative estimate of drug-likeness (QED) is 0.418. The van der Waals surface area contributed by atoms with Crippen molar-refractivity contribution in [3.63, 3.8) is 0 Å². The number of nitro groups is 1. The summed E-state index contributed by atoms with van der Waals surface area (Å²) in [5, 5.41) is 17.6. The number of rotatable bonds is 8. The topological polar surface area (TPSA) is 106 Å². The molecular weight excluding hydrogens is 360 g/mol. The molecule has 136 valence electrons. The largest absolute Gasteiger partial charge is 0.494 e. The van der Waals surface area contributed by atoms with E-state index in [0.29, 0.717) is 12.2 Å². The summed E-state index contributed by atoms with van der Waals surface area (Å²) in [6.45, 7) is 2.51. The van der Waals surface area contributed by atoms with Gasteiger partial charge in [-0.05, 0) is 37.3 Å². The molecule has 2 N–H and O–H groups in total. The predicted molar refractivity (Wildman–Crippen MR) is 99.9 cm³/mol. The van der Waals surface area contributed by atoms with Gasteiger partial charge in [0.15, 0.2) is 0 Å². The normalized spacial score (nSPS) is 10.5. The third kappa shape index (κ3) is 5.75. The zero-order chi connectivity index (χ0) is 18.9. The number of carbonyl (C=O) groups excluding carboxylic acids is 1. The number of ether oxygens (including phenoxy) is 1. The molecule has 0 saturated carbocycles. The number of nitro benzene ring substituents is 1. The van der Waals surface area contributed by atoms with E-state index in [4.69, 9.17) is 16.3 Å². The number of nitrogens with zero attached hydrogens (tertiary/aromatic N) is 2. The highest BCUT2D eigenvalue weighted by Crippen LogP contribution is 2.24. The number of halogens is 1. The molecule has 2 rings (SSSR count). The van der Waals surface area contributed by atoms with Gasteiger partial charge in [0, 0.05) is 17.3 Å². The Labute approximate surface area is 155 Å². The van der Waals surface area contributed by atoms with E-state index in [1.54, 1.807) is 30.3 Å². The molecule has 9 heteroatoms. The fourth-order valence-corrected chi connectivity index (χ4v) is 2.17. The van der Waals surface area contributed by atoms with E-state index in [1.165, 1.54) is 18.3 Å². The molecule has 2 aromatic rings. The number of hydrogen-bond donors (Lipinski definition) is 2. The summed E-state index contributed by atoms with van der Waals surface area (Å²) in [5.74, 6) is 0.391. The molecule has 0 spiro atoms. The van der Waals surface area contributed by atoms with Crippen LogP contribution in [0.25, 0.3) is 0 Å². The third-order valence-corrected chi connectivity index (χ3v) is 3.51. The first kappa shape index (κ1) is 19.2. The summed E-state index contributed by atoms with van der Waals surface area (Å²) < 4.78 is 5.34. The van der Waals surface area contributed by atoms with E-state index in [0.717, 1.165) is 11.4 Å². The van der Waals surface area contributed by atoms with E-state index in [1.807, 2.05) is 6.92 Å². The van der Waals surface area contributed by atoms with Gasteiger partial charge in [-0.2, -0.15) is 5.10 Å². The predicted octanol–water partition coefficient (Wildman–Crippen LogP) is 3.21. The van der Waals surface area contributed by atoms with Gasteiger partial charge in [-0.25, -0.2) is 5.43 Å². The molecule has 0 atom stereocenters. The summed E-state index contributed by atoms with van der Waals surface area (Å²) in [4.78, 5) is 22.0. The lowest BCUT2D eigenvalue weighted by Gasteiger charge is -2.07. The number of hydrogen-bond acceptors (Lipinski definition) is 6. The Bertz CT molecular complexity index is 809. The number of carbonyl (C=O) groups is 1. The van der Waals surface area contributed by atoms with Crippen molar-refractivity contribution >= 4 is 35.1 Å². The number of benzene rings is 2. The molecule has 2 aromatic carbocycles. The van der Waals surface area contributed by atoms with Crippen molar-refractivity contribution in [2.75, 3.05) is 18.5 Å². The van der Waals surface area contributed by atoms with E-state index in [2.05, 4.69) is 15.8 Å². The Kier molecular flexibility index (Phi) is 6.92. The molecule has 1 amide bonds. The fourth-order valence-electron chi connectivity index (χ4n) is 1.99. The molecule has 0 aliphatic carbocycles. The van der Waals surface area contributed by atoms with E-state index in [9.17, 15) is 14.9 Å². The van der Waals surface area contributed by atoms with Crippen LogP contribution in [0.5, 0.6) is 5.75 Å². The van der Waals surface area contributed by atoms with Crippen LogP contribution in [0.2, 0.25) is 5.02 Å². The molecule has 0 unspecified atom stereocenters. The number of amides is 1. The zero-order valence-electron chi connectivity index (χ0n) is 13.9. The Balaban J connectivity index is 1.83. The number of anilines is 1. The van der Waals surface area contributed by atoms with Gasteiger partial charge in [0.25, 0.3) is 11.6 Å². The highest BCUT2D eigenvalue weighted by molar-refractivity contribution is 6.32. The van der Waals surface area contributed by atoms with Gasteiger partial charge in [-0.15, -0.1) is 0 Å². The van der Waals surface area contributed by atoms with Crippen LogP contribution < -0.4 is 15.5 Å². The van der Waals surface area contributed by atoms with Crippen LogP contribution >= 0.6 is 11.6 Å². The summed E-state index contributed by atoms with van der Waals surface area (Å²) in [6.07, 6.45) is 1.30. The second kappa shape index (κ2) is 9.38. The van der Waals surface area contributed by atoms with Crippen molar-refractivity contribution in [1.29, 1.82) is 0 Å². The highest BCUT2D eigenvalue weighted by atomic mass is 35.5. The van der Waals surface area contributed by atoms with Crippen LogP contribution in [-0.2, 0) is 4.79 Å². The Hall–Kier alpha value is -3.13. The van der Waals surface area contributed by atoms with Crippen LogP contribution in [0.3, 0.4) is 0 Å². The smallest absolute Gasteiger partial charge is 0.288 e. The minimum atomic E-state index is -0.584. The van der Waals surface area contributed by atoms with Gasteiger partial charge in [0.1, 0.15) is 10.8 Å². The van der Waals surface area contributed by atoms with Crippen molar-refractivity contribution in [3.8, 4) is 5.75 Å². The maximum Gasteiger partial charge on any atom is 0.288 e. The van der Waals surface area contributed by atoms with Gasteiger partial charge in [0.2, 0.25) is 0 Å². The average Bonchev–Trinajstić information content (AvgIpc) is 2.62. The van der Waals surface area contributed by atoms with Crippen LogP contribution in [0.15, 0.2) is 47.6 Å². The van der Waals surface area contributed by atoms with Crippen LogP contribution in [0.1, 0.15) is 12.5 Å². The average molecular weight is 377 g/mol. The van der Waals surface area contributed by atoms with E-state index in [-0.39, 0.29) is 23.2 Å². The van der Waals surface area contributed by atoms with Gasteiger partial charge in [-0.1, -0.05) is 17.7 Å². The monoisotopic (exact) mass is 376 g/mol. The lowest BCUT2D eigenvalue weighted by atomic mass is 10.2. The first-order chi connectivity index (χ1) is 12.5. The number of nitrogens with one attached hydrogen (secondary N) is 2. The molecule has 0 heterocycles. The van der Waals surface area contributed by atoms with Crippen LogP contribution in [0.4, 0.5) is 11.4 Å². The Morgan fingerprint density at radius 3 is 2.69 bits per heavy atom. The minimum absolute atomic E-state index is 0.0199. The summed E-state index contributed by atoms with van der Waals surface area (Å²) in [7, 11) is 0. The third-order valence-electron chi connectivity index (χ3n) is 3.19. The lowest BCUT2D eigenvalue weighted by Crippen LogP contribution is -2.25. The zero-order valence-corrected chi connectivity index (χ0v) is 14.7. The fraction of sp³-hybridized carbons (Fsp3) is 0.176. The van der Waals surface area contributed by atoms with Crippen LogP contribution in [-0.4, -0.2) is 30.2 Å². The first-order valence-corrected chi connectivity index (χ1v) is 8.10. The number of hydrazone groups is 1. The van der Waals surface area contributed by atoms with Crippen molar-refractivity contribution < 1.29 is 14.5 Å². The van der Waals surface area contributed by atoms with Gasteiger partial charge in [0.05, 0.1) is 24.3 Å². The summed E-state index contributed by atoms with van der Waals surface area (Å²) >= 11 is 5.73. The highest BCUT2D eigenvalue weighted by Gasteiger charge is 2.11. The molecule has 0 aliphatic heterocycles. The van der Waals surface area contributed by atoms with E-state index < -0.39 is 4.92 Å².